The summed E-state index contributed by atoms with van der Waals surface area (Å²) in [6.07, 6.45) is 0.263. The Kier molecular flexibility index (Phi) is 6.86. The van der Waals surface area contributed by atoms with Crippen molar-refractivity contribution in [1.82, 2.24) is 4.98 Å². The average molecular weight is 468 g/mol. The van der Waals surface area contributed by atoms with E-state index in [0.29, 0.717) is 15.8 Å². The van der Waals surface area contributed by atoms with Crippen LogP contribution in [0.15, 0.2) is 77.7 Å². The van der Waals surface area contributed by atoms with E-state index in [1.165, 1.54) is 23.1 Å². The lowest BCUT2D eigenvalue weighted by Crippen LogP contribution is -2.14. The first-order valence-electron chi connectivity index (χ1n) is 9.48. The summed E-state index contributed by atoms with van der Waals surface area (Å²) >= 11 is 8.73. The van der Waals surface area contributed by atoms with Gasteiger partial charge in [0.05, 0.1) is 22.4 Å². The Morgan fingerprint density at radius 2 is 1.74 bits per heavy atom. The predicted octanol–water partition coefficient (Wildman–Crippen LogP) is 5.86. The monoisotopic (exact) mass is 467 g/mol. The van der Waals surface area contributed by atoms with Crippen molar-refractivity contribution in [2.24, 2.45) is 0 Å². The number of fused-ring (bicyclic) bond motifs is 1. The zero-order valence-corrected chi connectivity index (χ0v) is 18.7. The van der Waals surface area contributed by atoms with E-state index in [1.807, 2.05) is 60.7 Å². The van der Waals surface area contributed by atoms with E-state index in [0.717, 1.165) is 20.7 Å². The molecule has 156 valence electrons. The molecule has 5 nitrogen and oxygen atoms in total. The molecule has 2 N–H and O–H groups in total. The summed E-state index contributed by atoms with van der Waals surface area (Å²) in [6, 6.07) is 22.4. The molecule has 0 aliphatic heterocycles. The molecule has 0 saturated carbocycles. The third-order valence-corrected chi connectivity index (χ3v) is 6.50. The van der Waals surface area contributed by atoms with Crippen LogP contribution in [0.5, 0.6) is 0 Å². The number of amides is 2. The fourth-order valence-electron chi connectivity index (χ4n) is 2.89. The summed E-state index contributed by atoms with van der Waals surface area (Å²) in [6.45, 7) is 0. The molecule has 0 unspecified atom stereocenters. The van der Waals surface area contributed by atoms with Crippen LogP contribution in [0.25, 0.3) is 10.2 Å². The number of aromatic nitrogens is 1. The Morgan fingerprint density at radius 1 is 0.935 bits per heavy atom. The molecule has 4 aromatic rings. The molecule has 0 fully saturated rings. The van der Waals surface area contributed by atoms with Crippen molar-refractivity contribution < 1.29 is 9.59 Å². The van der Waals surface area contributed by atoms with Crippen LogP contribution in [-0.2, 0) is 16.0 Å². The number of anilines is 2. The second kappa shape index (κ2) is 9.96. The number of carbonyl (C=O) groups is 2. The van der Waals surface area contributed by atoms with Gasteiger partial charge < -0.3 is 10.6 Å². The highest BCUT2D eigenvalue weighted by molar-refractivity contribution is 8.00. The minimum atomic E-state index is -0.124. The molecular weight excluding hydrogens is 450 g/mol. The van der Waals surface area contributed by atoms with Gasteiger partial charge in [0.25, 0.3) is 0 Å². The van der Waals surface area contributed by atoms with E-state index < -0.39 is 0 Å². The predicted molar refractivity (Wildman–Crippen MR) is 129 cm³/mol. The summed E-state index contributed by atoms with van der Waals surface area (Å²) in [4.78, 5) is 29.9. The third-order valence-electron chi connectivity index (χ3n) is 4.31. The number of thioether (sulfide) groups is 1. The molecule has 3 aromatic carbocycles. The fraction of sp³-hybridized carbons (Fsp3) is 0.0870. The van der Waals surface area contributed by atoms with Gasteiger partial charge in [-0.25, -0.2) is 4.98 Å². The largest absolute Gasteiger partial charge is 0.326 e. The molecule has 0 saturated heterocycles. The van der Waals surface area contributed by atoms with Crippen molar-refractivity contribution in [2.45, 2.75) is 11.3 Å². The highest BCUT2D eigenvalue weighted by Gasteiger charge is 2.09. The van der Waals surface area contributed by atoms with Crippen LogP contribution < -0.4 is 10.6 Å². The lowest BCUT2D eigenvalue weighted by Gasteiger charge is -2.08. The maximum Gasteiger partial charge on any atom is 0.236 e. The molecule has 0 spiro atoms. The maximum absolute atomic E-state index is 12.3. The van der Waals surface area contributed by atoms with Gasteiger partial charge >= 0.3 is 0 Å². The van der Waals surface area contributed by atoms with E-state index in [9.17, 15) is 9.59 Å². The summed E-state index contributed by atoms with van der Waals surface area (Å²) in [7, 11) is 0. The first kappa shape index (κ1) is 21.4. The zero-order chi connectivity index (χ0) is 21.6. The Balaban J connectivity index is 1.30. The molecular formula is C23H18ClN3O2S2. The normalized spacial score (nSPS) is 10.7. The fourth-order valence-corrected chi connectivity index (χ4v) is 4.65. The average Bonchev–Trinajstić information content (AvgIpc) is 3.16. The number of nitrogens with one attached hydrogen (secondary N) is 2. The molecule has 0 radical (unpaired) electrons. The topological polar surface area (TPSA) is 71.1 Å². The number of nitrogens with zero attached hydrogens (tertiary/aromatic N) is 1. The number of thiazole rings is 1. The minimum Gasteiger partial charge on any atom is -0.326 e. The second-order valence-electron chi connectivity index (χ2n) is 6.70. The van der Waals surface area contributed by atoms with Gasteiger partial charge in [-0.2, -0.15) is 0 Å². The highest BCUT2D eigenvalue weighted by atomic mass is 35.5. The van der Waals surface area contributed by atoms with Crippen LogP contribution in [0.3, 0.4) is 0 Å². The van der Waals surface area contributed by atoms with Crippen molar-refractivity contribution in [3.63, 3.8) is 0 Å². The Labute approximate surface area is 192 Å². The Bertz CT molecular complexity index is 1190. The van der Waals surface area contributed by atoms with Gasteiger partial charge in [0.1, 0.15) is 0 Å². The molecule has 2 amide bonds. The first-order valence-corrected chi connectivity index (χ1v) is 11.7. The van der Waals surface area contributed by atoms with E-state index in [2.05, 4.69) is 15.6 Å². The number of rotatable bonds is 7. The number of carbonyl (C=O) groups excluding carboxylic acids is 2. The van der Waals surface area contributed by atoms with E-state index in [1.54, 1.807) is 12.1 Å². The quantitative estimate of drug-likeness (QED) is 0.334. The number of hydrogen-bond acceptors (Lipinski definition) is 5. The van der Waals surface area contributed by atoms with Crippen LogP contribution >= 0.6 is 34.7 Å². The summed E-state index contributed by atoms with van der Waals surface area (Å²) in [5, 5.41) is 6.97. The van der Waals surface area contributed by atoms with Crippen LogP contribution in [0.2, 0.25) is 5.02 Å². The first-order chi connectivity index (χ1) is 15.0. The van der Waals surface area contributed by atoms with Crippen molar-refractivity contribution >= 4 is 67.5 Å². The van der Waals surface area contributed by atoms with E-state index >= 15 is 0 Å². The standard InChI is InChI=1S/C23H18ClN3O2S2/c24-16-10-8-15(9-11-16)12-21(28)25-17-4-3-5-18(13-17)30-14-22(29)27-23-26-19-6-1-2-7-20(19)31-23/h1-11,13H,12,14H2,(H,25,28)(H,26,27,29). The summed E-state index contributed by atoms with van der Waals surface area (Å²) in [5.74, 6) is 0.0113. The maximum atomic E-state index is 12.3. The van der Waals surface area contributed by atoms with Gasteiger partial charge in [0.15, 0.2) is 5.13 Å². The van der Waals surface area contributed by atoms with Gasteiger partial charge in [0.2, 0.25) is 11.8 Å². The molecule has 1 heterocycles. The highest BCUT2D eigenvalue weighted by Crippen LogP contribution is 2.26. The van der Waals surface area contributed by atoms with Crippen molar-refractivity contribution in [1.29, 1.82) is 0 Å². The van der Waals surface area contributed by atoms with Crippen molar-refractivity contribution in [3.05, 3.63) is 83.4 Å². The number of halogens is 1. The van der Waals surface area contributed by atoms with Gasteiger partial charge in [-0.1, -0.05) is 53.3 Å². The lowest BCUT2D eigenvalue weighted by atomic mass is 10.1. The third kappa shape index (κ3) is 6.07. The number of para-hydroxylation sites is 1. The second-order valence-corrected chi connectivity index (χ2v) is 9.22. The van der Waals surface area contributed by atoms with Crippen LogP contribution in [0, 0.1) is 0 Å². The van der Waals surface area contributed by atoms with E-state index in [-0.39, 0.29) is 24.0 Å². The Hall–Kier alpha value is -2.87. The van der Waals surface area contributed by atoms with Gasteiger partial charge in [0, 0.05) is 15.6 Å². The van der Waals surface area contributed by atoms with Crippen LogP contribution in [0.1, 0.15) is 5.56 Å². The van der Waals surface area contributed by atoms with Crippen LogP contribution in [-0.4, -0.2) is 22.6 Å². The Morgan fingerprint density at radius 3 is 2.55 bits per heavy atom. The molecule has 0 aliphatic carbocycles. The SMILES string of the molecule is O=C(Cc1ccc(Cl)cc1)Nc1cccc(SCC(=O)Nc2nc3ccccc3s2)c1. The molecule has 1 aromatic heterocycles. The smallest absolute Gasteiger partial charge is 0.236 e. The van der Waals surface area contributed by atoms with Crippen LogP contribution in [0.4, 0.5) is 10.8 Å². The van der Waals surface area contributed by atoms with Crippen molar-refractivity contribution in [2.75, 3.05) is 16.4 Å². The molecule has 0 atom stereocenters. The van der Waals surface area contributed by atoms with E-state index in [4.69, 9.17) is 11.6 Å². The van der Waals surface area contributed by atoms with Gasteiger partial charge in [-0.15, -0.1) is 11.8 Å². The minimum absolute atomic E-state index is 0.113. The summed E-state index contributed by atoms with van der Waals surface area (Å²) < 4.78 is 1.03. The number of benzene rings is 3. The molecule has 8 heteroatoms. The molecule has 0 aliphatic rings. The number of hydrogen-bond donors (Lipinski definition) is 2. The molecule has 31 heavy (non-hydrogen) atoms. The van der Waals surface area contributed by atoms with Gasteiger partial charge in [-0.3, -0.25) is 9.59 Å². The molecule has 4 rings (SSSR count). The van der Waals surface area contributed by atoms with Gasteiger partial charge in [-0.05, 0) is 48.0 Å². The van der Waals surface area contributed by atoms with Crippen molar-refractivity contribution in [3.8, 4) is 0 Å². The summed E-state index contributed by atoms with van der Waals surface area (Å²) in [5.41, 5.74) is 2.45. The molecule has 0 bridgehead atoms. The zero-order valence-electron chi connectivity index (χ0n) is 16.3. The lowest BCUT2D eigenvalue weighted by molar-refractivity contribution is -0.115.